The lowest BCUT2D eigenvalue weighted by Gasteiger charge is -2.30. The molecule has 4 nitrogen and oxygen atoms in total. The zero-order valence-corrected chi connectivity index (χ0v) is 12.9. The Kier molecular flexibility index (Phi) is 3.39. The summed E-state index contributed by atoms with van der Waals surface area (Å²) < 4.78 is 5.44. The number of aromatic nitrogens is 1. The van der Waals surface area contributed by atoms with Gasteiger partial charge in [-0.2, -0.15) is 0 Å². The predicted octanol–water partition coefficient (Wildman–Crippen LogP) is 3.41. The summed E-state index contributed by atoms with van der Waals surface area (Å²) in [5.41, 5.74) is 4.13. The highest BCUT2D eigenvalue weighted by molar-refractivity contribution is 5.88. The molecule has 1 aromatic heterocycles. The van der Waals surface area contributed by atoms with E-state index in [1.807, 2.05) is 55.5 Å². The van der Waals surface area contributed by atoms with Gasteiger partial charge in [0.25, 0.3) is 0 Å². The second-order valence-corrected chi connectivity index (χ2v) is 5.90. The Labute approximate surface area is 134 Å². The Morgan fingerprint density at radius 1 is 1.04 bits per heavy atom. The van der Waals surface area contributed by atoms with E-state index >= 15 is 0 Å². The minimum absolute atomic E-state index is 0.00436. The normalized spacial score (nSPS) is 21.3. The van der Waals surface area contributed by atoms with Crippen molar-refractivity contribution in [1.82, 2.24) is 10.3 Å². The number of aryl methyl sites for hydroxylation is 1. The lowest BCUT2D eigenvalue weighted by molar-refractivity contribution is -0.152. The second kappa shape index (κ2) is 5.56. The smallest absolute Gasteiger partial charge is 0.329 e. The van der Waals surface area contributed by atoms with Crippen molar-refractivity contribution in [2.45, 2.75) is 19.0 Å². The first-order chi connectivity index (χ1) is 11.2. The number of rotatable bonds is 2. The van der Waals surface area contributed by atoms with Gasteiger partial charge in [0, 0.05) is 16.6 Å². The summed E-state index contributed by atoms with van der Waals surface area (Å²) in [5, 5.41) is 4.57. The maximum absolute atomic E-state index is 12.3. The van der Waals surface area contributed by atoms with Crippen LogP contribution in [-0.2, 0) is 9.53 Å². The SMILES string of the molecule is Cc1c([C@@H]2N[C@H](c3ccccc3)COC2=O)[nH]c2ccccc12. The van der Waals surface area contributed by atoms with Crippen molar-refractivity contribution >= 4 is 16.9 Å². The fraction of sp³-hybridized carbons (Fsp3) is 0.211. The van der Waals surface area contributed by atoms with E-state index in [2.05, 4.69) is 16.4 Å². The average molecular weight is 306 g/mol. The molecule has 1 fully saturated rings. The third-order valence-corrected chi connectivity index (χ3v) is 4.49. The van der Waals surface area contributed by atoms with Crippen LogP contribution in [-0.4, -0.2) is 17.6 Å². The number of esters is 1. The first-order valence-corrected chi connectivity index (χ1v) is 7.79. The number of cyclic esters (lactones) is 1. The standard InChI is InChI=1S/C19H18N2O2/c1-12-14-9-5-6-10-15(14)20-17(12)18-19(22)23-11-16(21-18)13-7-3-2-4-8-13/h2-10,16,18,20-21H,11H2,1H3/t16-,18-/m0/s1. The molecule has 2 atom stereocenters. The van der Waals surface area contributed by atoms with E-state index in [1.165, 1.54) is 0 Å². The van der Waals surface area contributed by atoms with Crippen molar-refractivity contribution in [1.29, 1.82) is 0 Å². The minimum Gasteiger partial charge on any atom is -0.462 e. The molecule has 0 bridgehead atoms. The molecule has 0 spiro atoms. The minimum atomic E-state index is -0.471. The monoisotopic (exact) mass is 306 g/mol. The molecule has 4 rings (SSSR count). The van der Waals surface area contributed by atoms with Gasteiger partial charge in [0.1, 0.15) is 12.6 Å². The summed E-state index contributed by atoms with van der Waals surface area (Å²) in [6, 6.07) is 17.7. The molecule has 0 radical (unpaired) electrons. The first kappa shape index (κ1) is 14.0. The highest BCUT2D eigenvalue weighted by Crippen LogP contribution is 2.31. The lowest BCUT2D eigenvalue weighted by atomic mass is 10.0. The molecule has 4 heteroatoms. The average Bonchev–Trinajstić information content (AvgIpc) is 2.93. The number of aromatic amines is 1. The second-order valence-electron chi connectivity index (χ2n) is 5.90. The van der Waals surface area contributed by atoms with Crippen molar-refractivity contribution in [3.8, 4) is 0 Å². The van der Waals surface area contributed by atoms with Gasteiger partial charge in [-0.1, -0.05) is 48.5 Å². The van der Waals surface area contributed by atoms with Crippen molar-refractivity contribution < 1.29 is 9.53 Å². The van der Waals surface area contributed by atoms with Crippen LogP contribution in [0.25, 0.3) is 10.9 Å². The molecule has 1 saturated heterocycles. The van der Waals surface area contributed by atoms with Gasteiger partial charge >= 0.3 is 5.97 Å². The lowest BCUT2D eigenvalue weighted by Crippen LogP contribution is -2.41. The molecule has 0 saturated carbocycles. The summed E-state index contributed by atoms with van der Waals surface area (Å²) in [7, 11) is 0. The Hall–Kier alpha value is -2.59. The van der Waals surface area contributed by atoms with E-state index in [0.29, 0.717) is 6.61 Å². The van der Waals surface area contributed by atoms with Gasteiger partial charge in [-0.15, -0.1) is 0 Å². The molecule has 0 aliphatic carbocycles. The fourth-order valence-electron chi connectivity index (χ4n) is 3.24. The predicted molar refractivity (Wildman–Crippen MR) is 89.1 cm³/mol. The van der Waals surface area contributed by atoms with Gasteiger partial charge in [0.2, 0.25) is 0 Å². The van der Waals surface area contributed by atoms with Crippen LogP contribution < -0.4 is 5.32 Å². The van der Waals surface area contributed by atoms with Crippen LogP contribution >= 0.6 is 0 Å². The van der Waals surface area contributed by atoms with E-state index < -0.39 is 6.04 Å². The maximum Gasteiger partial charge on any atom is 0.329 e. The number of ether oxygens (including phenoxy) is 1. The molecule has 1 aliphatic rings. The van der Waals surface area contributed by atoms with E-state index in [1.54, 1.807) is 0 Å². The van der Waals surface area contributed by atoms with Crippen LogP contribution in [0.3, 0.4) is 0 Å². The number of carbonyl (C=O) groups excluding carboxylic acids is 1. The van der Waals surface area contributed by atoms with Gasteiger partial charge in [-0.25, -0.2) is 4.79 Å². The van der Waals surface area contributed by atoms with E-state index in [0.717, 1.165) is 27.7 Å². The Balaban J connectivity index is 1.71. The molecular weight excluding hydrogens is 288 g/mol. The highest BCUT2D eigenvalue weighted by Gasteiger charge is 2.33. The van der Waals surface area contributed by atoms with Crippen LogP contribution in [0.1, 0.15) is 28.9 Å². The van der Waals surface area contributed by atoms with E-state index in [4.69, 9.17) is 4.74 Å². The zero-order valence-electron chi connectivity index (χ0n) is 12.9. The molecule has 2 aromatic carbocycles. The van der Waals surface area contributed by atoms with E-state index in [-0.39, 0.29) is 12.0 Å². The summed E-state index contributed by atoms with van der Waals surface area (Å²) in [6.07, 6.45) is 0. The Bertz CT molecular complexity index is 854. The highest BCUT2D eigenvalue weighted by atomic mass is 16.5. The van der Waals surface area contributed by atoms with Crippen LogP contribution in [0.4, 0.5) is 0 Å². The van der Waals surface area contributed by atoms with Gasteiger partial charge in [-0.3, -0.25) is 5.32 Å². The van der Waals surface area contributed by atoms with Gasteiger partial charge in [-0.05, 0) is 24.1 Å². The van der Waals surface area contributed by atoms with Crippen LogP contribution in [0.5, 0.6) is 0 Å². The van der Waals surface area contributed by atoms with Crippen LogP contribution in [0, 0.1) is 6.92 Å². The number of para-hydroxylation sites is 1. The Morgan fingerprint density at radius 2 is 1.78 bits per heavy atom. The van der Waals surface area contributed by atoms with Crippen LogP contribution in [0.2, 0.25) is 0 Å². The molecule has 0 amide bonds. The maximum atomic E-state index is 12.3. The summed E-state index contributed by atoms with van der Waals surface area (Å²) in [4.78, 5) is 15.7. The zero-order chi connectivity index (χ0) is 15.8. The number of morpholine rings is 1. The number of hydrogen-bond donors (Lipinski definition) is 2. The molecule has 2 N–H and O–H groups in total. The van der Waals surface area contributed by atoms with E-state index in [9.17, 15) is 4.79 Å². The number of hydrogen-bond acceptors (Lipinski definition) is 3. The fourth-order valence-corrected chi connectivity index (χ4v) is 3.24. The first-order valence-electron chi connectivity index (χ1n) is 7.79. The Morgan fingerprint density at radius 3 is 2.57 bits per heavy atom. The van der Waals surface area contributed by atoms with Crippen LogP contribution in [0.15, 0.2) is 54.6 Å². The number of carbonyl (C=O) groups is 1. The largest absolute Gasteiger partial charge is 0.462 e. The van der Waals surface area contributed by atoms with Crippen molar-refractivity contribution in [3.63, 3.8) is 0 Å². The summed E-state index contributed by atoms with van der Waals surface area (Å²) in [6.45, 7) is 2.40. The van der Waals surface area contributed by atoms with Crippen molar-refractivity contribution in [2.24, 2.45) is 0 Å². The quantitative estimate of drug-likeness (QED) is 0.713. The molecule has 23 heavy (non-hydrogen) atoms. The summed E-state index contributed by atoms with van der Waals surface area (Å²) in [5.74, 6) is -0.230. The molecule has 3 aromatic rings. The number of benzene rings is 2. The van der Waals surface area contributed by atoms with Crippen molar-refractivity contribution in [2.75, 3.05) is 6.61 Å². The third-order valence-electron chi connectivity index (χ3n) is 4.49. The molecule has 1 aliphatic heterocycles. The molecule has 116 valence electrons. The summed E-state index contributed by atoms with van der Waals surface area (Å²) >= 11 is 0. The number of nitrogens with one attached hydrogen (secondary N) is 2. The molecule has 0 unspecified atom stereocenters. The van der Waals surface area contributed by atoms with Gasteiger partial charge in [0.05, 0.1) is 6.04 Å². The van der Waals surface area contributed by atoms with Gasteiger partial charge < -0.3 is 9.72 Å². The number of H-pyrrole nitrogens is 1. The topological polar surface area (TPSA) is 54.1 Å². The molecule has 2 heterocycles. The molecular formula is C19H18N2O2. The van der Waals surface area contributed by atoms with Crippen molar-refractivity contribution in [3.05, 3.63) is 71.4 Å². The van der Waals surface area contributed by atoms with Gasteiger partial charge in [0.15, 0.2) is 0 Å². The third kappa shape index (κ3) is 2.41. The number of fused-ring (bicyclic) bond motifs is 1.